The Balaban J connectivity index is 2.25. The molecular formula is C14H12INO2. The summed E-state index contributed by atoms with van der Waals surface area (Å²) in [6.07, 6.45) is -0.760. The van der Waals surface area contributed by atoms with E-state index in [1.54, 1.807) is 6.07 Å². The van der Waals surface area contributed by atoms with E-state index in [-0.39, 0.29) is 0 Å². The average Bonchev–Trinajstić information content (AvgIpc) is 2.37. The minimum atomic E-state index is -0.760. The third-order valence-corrected chi connectivity index (χ3v) is 3.08. The highest BCUT2D eigenvalue weighted by Gasteiger charge is 2.19. The highest BCUT2D eigenvalue weighted by molar-refractivity contribution is 14.1. The molecule has 0 saturated heterocycles. The lowest BCUT2D eigenvalue weighted by molar-refractivity contribution is -0.125. The van der Waals surface area contributed by atoms with Gasteiger partial charge in [-0.3, -0.25) is 4.79 Å². The Kier molecular flexibility index (Phi) is 4.19. The van der Waals surface area contributed by atoms with Crippen LogP contribution < -0.4 is 10.5 Å². The third-order valence-electron chi connectivity index (χ3n) is 2.41. The van der Waals surface area contributed by atoms with Crippen molar-refractivity contribution in [2.45, 2.75) is 6.10 Å². The normalized spacial score (nSPS) is 11.8. The maximum atomic E-state index is 11.5. The van der Waals surface area contributed by atoms with Crippen LogP contribution in [0.4, 0.5) is 0 Å². The molecule has 1 atom stereocenters. The molecule has 0 aliphatic carbocycles. The summed E-state index contributed by atoms with van der Waals surface area (Å²) in [5, 5.41) is 0. The topological polar surface area (TPSA) is 52.3 Å². The molecule has 4 heteroatoms. The number of halogens is 1. The number of primary amides is 1. The van der Waals surface area contributed by atoms with Crippen molar-refractivity contribution in [3.8, 4) is 5.75 Å². The molecule has 1 amide bonds. The lowest BCUT2D eigenvalue weighted by Gasteiger charge is -2.16. The van der Waals surface area contributed by atoms with Crippen LogP contribution in [0.25, 0.3) is 0 Å². The quantitative estimate of drug-likeness (QED) is 0.860. The van der Waals surface area contributed by atoms with Gasteiger partial charge in [0, 0.05) is 9.13 Å². The molecular weight excluding hydrogens is 341 g/mol. The van der Waals surface area contributed by atoms with Crippen molar-refractivity contribution in [1.29, 1.82) is 0 Å². The largest absolute Gasteiger partial charge is 0.476 e. The van der Waals surface area contributed by atoms with Crippen LogP contribution in [0.2, 0.25) is 0 Å². The number of hydrogen-bond acceptors (Lipinski definition) is 2. The van der Waals surface area contributed by atoms with Gasteiger partial charge in [-0.1, -0.05) is 36.4 Å². The van der Waals surface area contributed by atoms with E-state index in [4.69, 9.17) is 10.5 Å². The summed E-state index contributed by atoms with van der Waals surface area (Å²) in [6, 6.07) is 16.7. The fraction of sp³-hybridized carbons (Fsp3) is 0.0714. The van der Waals surface area contributed by atoms with Gasteiger partial charge in [0.05, 0.1) is 0 Å². The van der Waals surface area contributed by atoms with Gasteiger partial charge < -0.3 is 10.5 Å². The third kappa shape index (κ3) is 3.22. The SMILES string of the molecule is NC(=O)C(Oc1cccc(I)c1)c1ccccc1. The molecule has 0 radical (unpaired) electrons. The summed E-state index contributed by atoms with van der Waals surface area (Å²) in [5.41, 5.74) is 6.14. The second kappa shape index (κ2) is 5.86. The zero-order chi connectivity index (χ0) is 13.0. The molecule has 0 fully saturated rings. The Bertz CT molecular complexity index is 543. The lowest BCUT2D eigenvalue weighted by atomic mass is 10.1. The molecule has 2 rings (SSSR count). The minimum Gasteiger partial charge on any atom is -0.476 e. The van der Waals surface area contributed by atoms with Crippen LogP contribution in [-0.2, 0) is 4.79 Å². The number of benzene rings is 2. The Hall–Kier alpha value is -1.56. The smallest absolute Gasteiger partial charge is 0.263 e. The molecule has 0 heterocycles. The lowest BCUT2D eigenvalue weighted by Crippen LogP contribution is -2.26. The zero-order valence-corrected chi connectivity index (χ0v) is 11.7. The second-order valence-corrected chi connectivity index (χ2v) is 5.01. The van der Waals surface area contributed by atoms with E-state index in [1.807, 2.05) is 48.5 Å². The van der Waals surface area contributed by atoms with Gasteiger partial charge in [0.15, 0.2) is 0 Å². The van der Waals surface area contributed by atoms with E-state index in [9.17, 15) is 4.79 Å². The monoisotopic (exact) mass is 353 g/mol. The summed E-state index contributed by atoms with van der Waals surface area (Å²) < 4.78 is 6.71. The van der Waals surface area contributed by atoms with Crippen molar-refractivity contribution in [2.75, 3.05) is 0 Å². The van der Waals surface area contributed by atoms with Crippen LogP contribution >= 0.6 is 22.6 Å². The Morgan fingerprint density at radius 1 is 1.11 bits per heavy atom. The summed E-state index contributed by atoms with van der Waals surface area (Å²) in [6.45, 7) is 0. The Labute approximate surface area is 119 Å². The molecule has 92 valence electrons. The summed E-state index contributed by atoms with van der Waals surface area (Å²) in [4.78, 5) is 11.5. The van der Waals surface area contributed by atoms with Crippen molar-refractivity contribution in [3.05, 3.63) is 63.7 Å². The number of carbonyl (C=O) groups excluding carboxylic acids is 1. The molecule has 0 bridgehead atoms. The van der Waals surface area contributed by atoms with Gasteiger partial charge in [0.25, 0.3) is 5.91 Å². The number of amides is 1. The van der Waals surface area contributed by atoms with E-state index in [0.717, 1.165) is 9.13 Å². The molecule has 3 nitrogen and oxygen atoms in total. The molecule has 0 spiro atoms. The van der Waals surface area contributed by atoms with Crippen molar-refractivity contribution in [1.82, 2.24) is 0 Å². The van der Waals surface area contributed by atoms with Crippen LogP contribution in [0, 0.1) is 3.57 Å². The fourth-order valence-corrected chi connectivity index (χ4v) is 2.11. The van der Waals surface area contributed by atoms with Gasteiger partial charge in [0.2, 0.25) is 6.10 Å². The minimum absolute atomic E-state index is 0.500. The average molecular weight is 353 g/mol. The van der Waals surface area contributed by atoms with E-state index in [2.05, 4.69) is 22.6 Å². The first kappa shape index (κ1) is 12.9. The highest BCUT2D eigenvalue weighted by Crippen LogP contribution is 2.23. The second-order valence-electron chi connectivity index (χ2n) is 3.77. The van der Waals surface area contributed by atoms with Gasteiger partial charge in [0.1, 0.15) is 5.75 Å². The van der Waals surface area contributed by atoms with Gasteiger partial charge >= 0.3 is 0 Å². The molecule has 2 aromatic rings. The summed E-state index contributed by atoms with van der Waals surface area (Å²) in [5.74, 6) is 0.134. The first-order chi connectivity index (χ1) is 8.66. The van der Waals surface area contributed by atoms with E-state index in [0.29, 0.717) is 5.75 Å². The number of rotatable bonds is 4. The van der Waals surface area contributed by atoms with Crippen LogP contribution in [0.1, 0.15) is 11.7 Å². The predicted octanol–water partition coefficient (Wildman–Crippen LogP) is 2.90. The van der Waals surface area contributed by atoms with Crippen LogP contribution in [0.5, 0.6) is 5.75 Å². The van der Waals surface area contributed by atoms with Crippen molar-refractivity contribution in [3.63, 3.8) is 0 Å². The number of nitrogens with two attached hydrogens (primary N) is 1. The Morgan fingerprint density at radius 3 is 2.44 bits per heavy atom. The molecule has 2 aromatic carbocycles. The van der Waals surface area contributed by atoms with Crippen molar-refractivity contribution < 1.29 is 9.53 Å². The molecule has 0 aliphatic rings. The highest BCUT2D eigenvalue weighted by atomic mass is 127. The number of ether oxygens (including phenoxy) is 1. The predicted molar refractivity (Wildman–Crippen MR) is 78.2 cm³/mol. The maximum absolute atomic E-state index is 11.5. The molecule has 18 heavy (non-hydrogen) atoms. The Morgan fingerprint density at radius 2 is 1.83 bits per heavy atom. The van der Waals surface area contributed by atoms with Gasteiger partial charge in [-0.15, -0.1) is 0 Å². The molecule has 2 N–H and O–H groups in total. The van der Waals surface area contributed by atoms with Crippen LogP contribution in [0.3, 0.4) is 0 Å². The van der Waals surface area contributed by atoms with Crippen LogP contribution in [-0.4, -0.2) is 5.91 Å². The van der Waals surface area contributed by atoms with Gasteiger partial charge in [-0.2, -0.15) is 0 Å². The molecule has 0 aromatic heterocycles. The van der Waals surface area contributed by atoms with Gasteiger partial charge in [-0.25, -0.2) is 0 Å². The maximum Gasteiger partial charge on any atom is 0.263 e. The van der Waals surface area contributed by atoms with E-state index < -0.39 is 12.0 Å². The molecule has 0 aliphatic heterocycles. The molecule has 0 saturated carbocycles. The zero-order valence-electron chi connectivity index (χ0n) is 9.55. The number of hydrogen-bond donors (Lipinski definition) is 1. The van der Waals surface area contributed by atoms with E-state index in [1.165, 1.54) is 0 Å². The van der Waals surface area contributed by atoms with Gasteiger partial charge in [-0.05, 0) is 40.8 Å². The molecule has 1 unspecified atom stereocenters. The first-order valence-corrected chi connectivity index (χ1v) is 6.51. The summed E-state index contributed by atoms with van der Waals surface area (Å²) in [7, 11) is 0. The standard InChI is InChI=1S/C14H12INO2/c15-11-7-4-8-12(9-11)18-13(14(16)17)10-5-2-1-3-6-10/h1-9,13H,(H2,16,17). The van der Waals surface area contributed by atoms with Crippen molar-refractivity contribution >= 4 is 28.5 Å². The number of carbonyl (C=O) groups is 1. The van der Waals surface area contributed by atoms with Crippen LogP contribution in [0.15, 0.2) is 54.6 Å². The van der Waals surface area contributed by atoms with Crippen molar-refractivity contribution in [2.24, 2.45) is 5.73 Å². The first-order valence-electron chi connectivity index (χ1n) is 5.43. The van der Waals surface area contributed by atoms with E-state index >= 15 is 0 Å². The fourth-order valence-electron chi connectivity index (χ4n) is 1.59. The summed E-state index contributed by atoms with van der Waals surface area (Å²) >= 11 is 2.19.